The van der Waals surface area contributed by atoms with Crippen LogP contribution in [0.15, 0.2) is 65.3 Å². The molecule has 0 radical (unpaired) electrons. The average Bonchev–Trinajstić information content (AvgIpc) is 3.32. The lowest BCUT2D eigenvalue weighted by Gasteiger charge is -2.47. The molecule has 40 heavy (non-hydrogen) atoms. The van der Waals surface area contributed by atoms with Crippen molar-refractivity contribution >= 4 is 28.7 Å². The first-order valence-corrected chi connectivity index (χ1v) is 13.6. The Bertz CT molecular complexity index is 1670. The van der Waals surface area contributed by atoms with Crippen molar-refractivity contribution in [2.24, 2.45) is 17.5 Å². The first-order chi connectivity index (χ1) is 19.0. The van der Waals surface area contributed by atoms with Crippen LogP contribution in [-0.2, 0) is 21.3 Å². The van der Waals surface area contributed by atoms with E-state index in [1.165, 1.54) is 5.57 Å². The monoisotopic (exact) mass is 538 g/mol. The van der Waals surface area contributed by atoms with Crippen LogP contribution in [0.3, 0.4) is 0 Å². The van der Waals surface area contributed by atoms with Gasteiger partial charge in [-0.2, -0.15) is 0 Å². The lowest BCUT2D eigenvalue weighted by Crippen LogP contribution is -2.43. The van der Waals surface area contributed by atoms with Crippen molar-refractivity contribution in [2.45, 2.75) is 58.8 Å². The minimum atomic E-state index is -1.18. The maximum atomic E-state index is 12.8. The van der Waals surface area contributed by atoms with Gasteiger partial charge in [-0.05, 0) is 87.2 Å². The summed E-state index contributed by atoms with van der Waals surface area (Å²) >= 11 is 0. The van der Waals surface area contributed by atoms with Crippen molar-refractivity contribution in [1.82, 2.24) is 14.5 Å². The number of nitrogens with zero attached hydrogens (tertiary/aromatic N) is 4. The number of carboxylic acid groups (broad SMARTS) is 1. The summed E-state index contributed by atoms with van der Waals surface area (Å²) in [6, 6.07) is 5.68. The van der Waals surface area contributed by atoms with Crippen LogP contribution >= 0.6 is 0 Å². The summed E-state index contributed by atoms with van der Waals surface area (Å²) in [6.07, 6.45) is 11.2. The minimum Gasteiger partial charge on any atom is -0.497 e. The van der Waals surface area contributed by atoms with Crippen LogP contribution in [0.2, 0.25) is 0 Å². The zero-order valence-corrected chi connectivity index (χ0v) is 23.7. The lowest BCUT2D eigenvalue weighted by molar-refractivity contribution is -0.160. The minimum absolute atomic E-state index is 0.280. The normalized spacial score (nSPS) is 22.6. The molecule has 1 aliphatic carbocycles. The van der Waals surface area contributed by atoms with Crippen molar-refractivity contribution < 1.29 is 19.4 Å². The molecular weight excluding hydrogens is 504 g/mol. The largest absolute Gasteiger partial charge is 0.497 e. The highest BCUT2D eigenvalue weighted by Crippen LogP contribution is 2.54. The number of ether oxygens (including phenoxy) is 2. The van der Waals surface area contributed by atoms with Crippen LogP contribution in [0.4, 0.5) is 0 Å². The van der Waals surface area contributed by atoms with Gasteiger partial charge in [-0.15, -0.1) is 0 Å². The maximum Gasteiger partial charge on any atom is 0.337 e. The van der Waals surface area contributed by atoms with Crippen molar-refractivity contribution in [3.63, 3.8) is 0 Å². The highest BCUT2D eigenvalue weighted by Gasteiger charge is 2.49. The van der Waals surface area contributed by atoms with Gasteiger partial charge in [0, 0.05) is 30.6 Å². The van der Waals surface area contributed by atoms with Crippen LogP contribution in [0.5, 0.6) is 0 Å². The Hall–Kier alpha value is -4.04. The van der Waals surface area contributed by atoms with Gasteiger partial charge in [0.2, 0.25) is 0 Å². The van der Waals surface area contributed by atoms with Crippen LogP contribution in [0.1, 0.15) is 56.9 Å². The number of aryl methyl sites for hydroxylation is 2. The number of aliphatic carboxylic acids is 1. The van der Waals surface area contributed by atoms with Crippen molar-refractivity contribution in [3.05, 3.63) is 77.0 Å². The van der Waals surface area contributed by atoms with Crippen molar-refractivity contribution in [1.29, 1.82) is 0 Å². The molecule has 206 valence electrons. The third-order valence-corrected chi connectivity index (χ3v) is 8.14. The van der Waals surface area contributed by atoms with Gasteiger partial charge in [0.1, 0.15) is 5.76 Å². The second-order valence-corrected chi connectivity index (χ2v) is 11.9. The number of hydrogen-bond acceptors (Lipinski definition) is 6. The topological polar surface area (TPSA) is 98.8 Å². The Morgan fingerprint density at radius 3 is 2.75 bits per heavy atom. The van der Waals surface area contributed by atoms with Crippen LogP contribution in [0, 0.1) is 12.3 Å². The molecule has 1 fully saturated rings. The van der Waals surface area contributed by atoms with Gasteiger partial charge in [-0.25, -0.2) is 14.8 Å². The van der Waals surface area contributed by atoms with Crippen molar-refractivity contribution in [2.75, 3.05) is 6.61 Å². The molecule has 1 saturated heterocycles. The third-order valence-electron chi connectivity index (χ3n) is 8.14. The summed E-state index contributed by atoms with van der Waals surface area (Å²) in [5, 5.41) is 11.3. The molecule has 0 spiro atoms. The van der Waals surface area contributed by atoms with Gasteiger partial charge in [0.15, 0.2) is 6.10 Å². The van der Waals surface area contributed by atoms with E-state index in [1.807, 2.05) is 75.9 Å². The number of benzene rings is 1. The van der Waals surface area contributed by atoms with E-state index in [4.69, 9.17) is 19.5 Å². The van der Waals surface area contributed by atoms with Crippen LogP contribution < -0.4 is 0 Å². The Balaban J connectivity index is 1.65. The highest BCUT2D eigenvalue weighted by atomic mass is 16.5. The molecule has 4 heterocycles. The molecule has 1 N–H and O–H groups in total. The SMILES string of the molecule is Cc1cc2nc(-c3cncn3C)ccc2c(C2=CC=C3OCCC4=CC=NC2C43C)c1[C@H](OC(C)(C)C)C(=O)O. The number of imidazole rings is 1. The number of dihydropyridines is 1. The van der Waals surface area contributed by atoms with Crippen LogP contribution in [0.25, 0.3) is 27.9 Å². The molecule has 2 aromatic heterocycles. The molecule has 6 rings (SSSR count). The molecule has 1 aromatic carbocycles. The number of carbonyl (C=O) groups is 1. The second-order valence-electron chi connectivity index (χ2n) is 11.9. The number of carboxylic acids is 1. The van der Waals surface area contributed by atoms with Crippen LogP contribution in [-0.4, -0.2) is 50.1 Å². The Morgan fingerprint density at radius 1 is 1.25 bits per heavy atom. The smallest absolute Gasteiger partial charge is 0.337 e. The fraction of sp³-hybridized carbons (Fsp3) is 0.375. The Morgan fingerprint density at radius 2 is 2.05 bits per heavy atom. The number of aromatic nitrogens is 3. The van der Waals surface area contributed by atoms with Gasteiger partial charge in [0.05, 0.1) is 53.1 Å². The maximum absolute atomic E-state index is 12.8. The molecule has 3 aliphatic rings. The summed E-state index contributed by atoms with van der Waals surface area (Å²) in [5.74, 6) is -0.142. The zero-order valence-electron chi connectivity index (χ0n) is 23.7. The quantitative estimate of drug-likeness (QED) is 0.430. The predicted octanol–water partition coefficient (Wildman–Crippen LogP) is 5.97. The van der Waals surface area contributed by atoms with E-state index in [-0.39, 0.29) is 6.04 Å². The highest BCUT2D eigenvalue weighted by molar-refractivity contribution is 5.99. The molecule has 0 amide bonds. The third kappa shape index (κ3) is 4.09. The number of allylic oxidation sites excluding steroid dienone is 3. The summed E-state index contributed by atoms with van der Waals surface area (Å²) in [5.41, 5.74) is 5.76. The van der Waals surface area contributed by atoms with Gasteiger partial charge >= 0.3 is 5.97 Å². The molecule has 0 saturated carbocycles. The van der Waals surface area contributed by atoms with E-state index < -0.39 is 23.1 Å². The second kappa shape index (κ2) is 9.27. The summed E-state index contributed by atoms with van der Waals surface area (Å²) < 4.78 is 14.3. The van der Waals surface area contributed by atoms with Gasteiger partial charge in [-0.3, -0.25) is 4.99 Å². The number of aliphatic imine (C=N–C) groups is 1. The van der Waals surface area contributed by atoms with E-state index in [9.17, 15) is 9.90 Å². The molecule has 2 aliphatic heterocycles. The standard InChI is InChI=1S/C32H34N4O4/c1-18-15-23-20(7-9-22(35-23)24-16-33-17-36(24)6)27(26(18)28(30(37)38)40-31(2,3)4)21-8-10-25-32(5)19(12-14-39-25)11-13-34-29(21)32/h7-11,13,15-17,28-29H,12,14H2,1-6H3,(H,37,38)/t28-,29?,32?/m0/s1. The molecule has 8 heteroatoms. The molecule has 0 bridgehead atoms. The fourth-order valence-corrected chi connectivity index (χ4v) is 6.27. The van der Waals surface area contributed by atoms with E-state index in [0.29, 0.717) is 12.2 Å². The average molecular weight is 539 g/mol. The van der Waals surface area contributed by atoms with Gasteiger partial charge < -0.3 is 19.1 Å². The van der Waals surface area contributed by atoms with E-state index >= 15 is 0 Å². The summed E-state index contributed by atoms with van der Waals surface area (Å²) in [7, 11) is 1.94. The van der Waals surface area contributed by atoms with E-state index in [0.717, 1.165) is 51.2 Å². The molecule has 8 nitrogen and oxygen atoms in total. The number of hydrogen-bond donors (Lipinski definition) is 1. The van der Waals surface area contributed by atoms with Gasteiger partial charge in [0.25, 0.3) is 0 Å². The Labute approximate surface area is 233 Å². The number of pyridine rings is 1. The lowest BCUT2D eigenvalue weighted by atomic mass is 9.64. The number of rotatable bonds is 5. The molecular formula is C32H34N4O4. The fourth-order valence-electron chi connectivity index (χ4n) is 6.27. The zero-order chi connectivity index (χ0) is 28.4. The first kappa shape index (κ1) is 26.2. The summed E-state index contributed by atoms with van der Waals surface area (Å²) in [6.45, 7) is 10.4. The van der Waals surface area contributed by atoms with Gasteiger partial charge in [-0.1, -0.05) is 6.08 Å². The molecule has 2 unspecified atom stereocenters. The summed E-state index contributed by atoms with van der Waals surface area (Å²) in [4.78, 5) is 27.1. The predicted molar refractivity (Wildman–Crippen MR) is 155 cm³/mol. The van der Waals surface area contributed by atoms with E-state index in [2.05, 4.69) is 18.0 Å². The van der Waals surface area contributed by atoms with Crippen molar-refractivity contribution in [3.8, 4) is 11.4 Å². The molecule has 3 aromatic rings. The Kier molecular flexibility index (Phi) is 6.07. The van der Waals surface area contributed by atoms with E-state index in [1.54, 1.807) is 12.5 Å². The molecule has 3 atom stereocenters. The first-order valence-electron chi connectivity index (χ1n) is 13.6. The number of fused-ring (bicyclic) bond motifs is 1.